The van der Waals surface area contributed by atoms with Crippen molar-refractivity contribution in [2.75, 3.05) is 0 Å². The zero-order valence-electron chi connectivity index (χ0n) is 13.6. The summed E-state index contributed by atoms with van der Waals surface area (Å²) in [6.45, 7) is 10.1. The van der Waals surface area contributed by atoms with Gasteiger partial charge in [-0.25, -0.2) is 9.97 Å². The maximum absolute atomic E-state index is 13.2. The monoisotopic (exact) mass is 319 g/mol. The van der Waals surface area contributed by atoms with Crippen molar-refractivity contribution >= 4 is 12.6 Å². The van der Waals surface area contributed by atoms with Crippen molar-refractivity contribution in [3.05, 3.63) is 17.2 Å². The first-order valence-corrected chi connectivity index (χ1v) is 6.63. The predicted molar refractivity (Wildman–Crippen MR) is 77.2 cm³/mol. The third-order valence-electron chi connectivity index (χ3n) is 4.01. The lowest BCUT2D eigenvalue weighted by atomic mass is 9.76. The molecule has 0 bridgehead atoms. The highest BCUT2D eigenvalue weighted by molar-refractivity contribution is 6.63. The molecule has 1 aliphatic rings. The summed E-state index contributed by atoms with van der Waals surface area (Å²) in [7, 11) is -1.13. The van der Waals surface area contributed by atoms with Gasteiger partial charge in [0, 0.05) is 11.2 Å². The summed E-state index contributed by atoms with van der Waals surface area (Å²) in [4.78, 5) is 7.57. The van der Waals surface area contributed by atoms with Gasteiger partial charge in [0.15, 0.2) is 0 Å². The van der Waals surface area contributed by atoms with E-state index in [0.717, 1.165) is 0 Å². The van der Waals surface area contributed by atoms with Crippen LogP contribution < -0.4 is 11.6 Å². The van der Waals surface area contributed by atoms with Crippen LogP contribution in [0.25, 0.3) is 0 Å². The third kappa shape index (κ3) is 3.11. The Hall–Kier alpha value is -1.19. The largest absolute Gasteiger partial charge is 0.498 e. The number of halogens is 3. The quantitative estimate of drug-likeness (QED) is 0.805. The van der Waals surface area contributed by atoms with Crippen LogP contribution in [0, 0.1) is 13.8 Å². The van der Waals surface area contributed by atoms with Gasteiger partial charge < -0.3 is 15.5 Å². The molecule has 0 radical (unpaired) electrons. The Bertz CT molecular complexity index is 560. The average molecular weight is 319 g/mol. The maximum Gasteiger partial charge on any atom is 0.498 e. The lowest BCUT2D eigenvalue weighted by Crippen LogP contribution is -2.42. The predicted octanol–water partition coefficient (Wildman–Crippen LogP) is 2.57. The second-order valence-corrected chi connectivity index (χ2v) is 6.20. The molecule has 22 heavy (non-hydrogen) atoms. The van der Waals surface area contributed by atoms with Gasteiger partial charge in [-0.15, -0.1) is 0 Å². The summed E-state index contributed by atoms with van der Waals surface area (Å²) in [6, 6.07) is 0. The molecule has 0 aromatic carbocycles. The molecule has 0 spiro atoms. The number of aryl methyl sites for hydroxylation is 2. The highest BCUT2D eigenvalue weighted by atomic mass is 19.4. The zero-order valence-corrected chi connectivity index (χ0v) is 13.6. The Kier molecular flexibility index (Phi) is 4.69. The first-order valence-electron chi connectivity index (χ1n) is 6.63. The summed E-state index contributed by atoms with van der Waals surface area (Å²) >= 11 is 0. The summed E-state index contributed by atoms with van der Waals surface area (Å²) in [5, 5.41) is 0. The first kappa shape index (κ1) is 18.9. The van der Waals surface area contributed by atoms with Crippen LogP contribution >= 0.6 is 0 Å². The van der Waals surface area contributed by atoms with Gasteiger partial charge in [0.2, 0.25) is 0 Å². The molecule has 0 aliphatic carbocycles. The van der Waals surface area contributed by atoms with Gasteiger partial charge in [-0.05, 0) is 41.5 Å². The summed E-state index contributed by atoms with van der Waals surface area (Å²) < 4.78 is 51.1. The van der Waals surface area contributed by atoms with Crippen molar-refractivity contribution in [2.24, 2.45) is 0 Å². The van der Waals surface area contributed by atoms with E-state index in [2.05, 4.69) is 9.97 Å². The topological polar surface area (TPSA) is 79.2 Å². The minimum absolute atomic E-state index is 0. The van der Waals surface area contributed by atoms with Crippen LogP contribution in [0.4, 0.5) is 13.2 Å². The standard InChI is InChI=1S/C13H18BF3N2O2.H3N/c1-7-9(10(13(15,16)17)19-8(2)18-7)14-20-11(3,4)12(5,6)21-14;/h1-6H3;1H3. The van der Waals surface area contributed by atoms with Crippen molar-refractivity contribution in [2.45, 2.75) is 58.9 Å². The van der Waals surface area contributed by atoms with Gasteiger partial charge in [-0.1, -0.05) is 0 Å². The van der Waals surface area contributed by atoms with Crippen LogP contribution in [0.15, 0.2) is 0 Å². The van der Waals surface area contributed by atoms with Crippen LogP contribution in [-0.4, -0.2) is 28.3 Å². The molecule has 1 fully saturated rings. The molecule has 9 heteroatoms. The molecule has 3 N–H and O–H groups in total. The van der Waals surface area contributed by atoms with E-state index in [0.29, 0.717) is 0 Å². The minimum Gasteiger partial charge on any atom is -0.399 e. The molecular formula is C13H21BF3N3O2. The van der Waals surface area contributed by atoms with E-state index in [-0.39, 0.29) is 23.1 Å². The molecule has 5 nitrogen and oxygen atoms in total. The number of rotatable bonds is 1. The van der Waals surface area contributed by atoms with E-state index >= 15 is 0 Å². The van der Waals surface area contributed by atoms with Gasteiger partial charge in [-0.2, -0.15) is 13.2 Å². The molecule has 124 valence electrons. The molecule has 1 aromatic rings. The van der Waals surface area contributed by atoms with Crippen LogP contribution in [0.1, 0.15) is 44.9 Å². The molecule has 2 rings (SSSR count). The van der Waals surface area contributed by atoms with E-state index in [1.807, 2.05) is 0 Å². The first-order chi connectivity index (χ1) is 9.35. The molecule has 2 heterocycles. The van der Waals surface area contributed by atoms with Crippen molar-refractivity contribution < 1.29 is 22.5 Å². The van der Waals surface area contributed by atoms with Gasteiger partial charge >= 0.3 is 13.3 Å². The number of hydrogen-bond acceptors (Lipinski definition) is 5. The fourth-order valence-corrected chi connectivity index (χ4v) is 2.18. The second-order valence-electron chi connectivity index (χ2n) is 6.20. The van der Waals surface area contributed by atoms with E-state index in [4.69, 9.17) is 9.31 Å². The highest BCUT2D eigenvalue weighted by Crippen LogP contribution is 2.38. The highest BCUT2D eigenvalue weighted by Gasteiger charge is 2.54. The SMILES string of the molecule is Cc1nc(C)c(B2OC(C)(C)C(C)(C)O2)c(C(F)(F)F)n1.N. The molecule has 1 saturated heterocycles. The maximum atomic E-state index is 13.2. The number of nitrogens with zero attached hydrogens (tertiary/aromatic N) is 2. The van der Waals surface area contributed by atoms with Crippen molar-refractivity contribution in [3.63, 3.8) is 0 Å². The number of aromatic nitrogens is 2. The van der Waals surface area contributed by atoms with Crippen LogP contribution in [0.2, 0.25) is 0 Å². The van der Waals surface area contributed by atoms with Gasteiger partial charge in [0.25, 0.3) is 0 Å². The number of alkyl halides is 3. The van der Waals surface area contributed by atoms with Crippen molar-refractivity contribution in [1.29, 1.82) is 0 Å². The van der Waals surface area contributed by atoms with Gasteiger partial charge in [-0.3, -0.25) is 0 Å². The second kappa shape index (κ2) is 5.47. The van der Waals surface area contributed by atoms with Crippen LogP contribution in [0.3, 0.4) is 0 Å². The minimum atomic E-state index is -4.59. The Labute approximate surface area is 128 Å². The summed E-state index contributed by atoms with van der Waals surface area (Å²) in [6.07, 6.45) is -4.59. The van der Waals surface area contributed by atoms with E-state index < -0.39 is 30.2 Å². The fraction of sp³-hybridized carbons (Fsp3) is 0.692. The molecule has 0 atom stereocenters. The number of hydrogen-bond donors (Lipinski definition) is 1. The van der Waals surface area contributed by atoms with Crippen LogP contribution in [0.5, 0.6) is 0 Å². The molecule has 0 saturated carbocycles. The molecule has 1 aliphatic heterocycles. The van der Waals surface area contributed by atoms with E-state index in [1.165, 1.54) is 13.8 Å². The van der Waals surface area contributed by atoms with Gasteiger partial charge in [0.1, 0.15) is 11.5 Å². The molecule has 1 aromatic heterocycles. The zero-order chi connectivity index (χ0) is 16.2. The fourth-order valence-electron chi connectivity index (χ4n) is 2.18. The Morgan fingerprint density at radius 3 is 1.82 bits per heavy atom. The lowest BCUT2D eigenvalue weighted by Gasteiger charge is -2.32. The third-order valence-corrected chi connectivity index (χ3v) is 4.01. The average Bonchev–Trinajstić information content (AvgIpc) is 2.44. The van der Waals surface area contributed by atoms with Crippen LogP contribution in [-0.2, 0) is 15.5 Å². The molecule has 0 amide bonds. The lowest BCUT2D eigenvalue weighted by molar-refractivity contribution is -0.140. The summed E-state index contributed by atoms with van der Waals surface area (Å²) in [5.41, 5.74) is -2.37. The Morgan fingerprint density at radius 1 is 0.955 bits per heavy atom. The Balaban J connectivity index is 0.00000242. The normalized spacial score (nSPS) is 20.0. The van der Waals surface area contributed by atoms with E-state index in [9.17, 15) is 13.2 Å². The van der Waals surface area contributed by atoms with Gasteiger partial charge in [0.05, 0.1) is 11.2 Å². The smallest absolute Gasteiger partial charge is 0.399 e. The molecule has 0 unspecified atom stereocenters. The molecular weight excluding hydrogens is 298 g/mol. The van der Waals surface area contributed by atoms with E-state index in [1.54, 1.807) is 27.7 Å². The van der Waals surface area contributed by atoms with Crippen molar-refractivity contribution in [3.8, 4) is 0 Å². The van der Waals surface area contributed by atoms with Crippen molar-refractivity contribution in [1.82, 2.24) is 16.1 Å². The Morgan fingerprint density at radius 2 is 1.41 bits per heavy atom. The summed E-state index contributed by atoms with van der Waals surface area (Å²) in [5.74, 6) is 0.0695.